The highest BCUT2D eigenvalue weighted by Gasteiger charge is 2.36. The second-order valence-electron chi connectivity index (χ2n) is 5.06. The summed E-state index contributed by atoms with van der Waals surface area (Å²) < 4.78 is 0. The maximum absolute atomic E-state index is 12.4. The van der Waals surface area contributed by atoms with E-state index in [4.69, 9.17) is 0 Å². The van der Waals surface area contributed by atoms with Crippen molar-refractivity contribution in [1.82, 2.24) is 4.90 Å². The van der Waals surface area contributed by atoms with Crippen LogP contribution in [0.5, 0.6) is 0 Å². The lowest BCUT2D eigenvalue weighted by Gasteiger charge is -2.36. The van der Waals surface area contributed by atoms with Gasteiger partial charge in [0.15, 0.2) is 5.78 Å². The second kappa shape index (κ2) is 5.65. The fourth-order valence-corrected chi connectivity index (χ4v) is 2.28. The van der Waals surface area contributed by atoms with Gasteiger partial charge in [0.1, 0.15) is 0 Å². The molecule has 2 nitrogen and oxygen atoms in total. The van der Waals surface area contributed by atoms with Crippen LogP contribution >= 0.6 is 12.4 Å². The number of carbonyl (C=O) groups excluding carboxylic acids is 1. The highest BCUT2D eigenvalue weighted by atomic mass is 35.5. The third kappa shape index (κ3) is 3.08. The molecule has 0 radical (unpaired) electrons. The normalized spacial score (nSPS) is 19.4. The Balaban J connectivity index is 0.00000144. The zero-order valence-corrected chi connectivity index (χ0v) is 11.3. The number of hydrogen-bond acceptors (Lipinski definition) is 2. The molecule has 0 unspecified atom stereocenters. The number of likely N-dealkylation sites (tertiary alicyclic amines) is 1. The van der Waals surface area contributed by atoms with Crippen LogP contribution in [0.4, 0.5) is 0 Å². The number of benzene rings is 1. The standard InChI is InChI=1S/C14H19NO.ClH/c1-14(8-10-15(2)11-9-14)13(16)12-6-4-3-5-7-12;/h3-7H,8-11H2,1-2H3;1H. The summed E-state index contributed by atoms with van der Waals surface area (Å²) in [6.45, 7) is 4.15. The van der Waals surface area contributed by atoms with Crippen LogP contribution in [0.2, 0.25) is 0 Å². The number of Topliss-reactive ketones (excluding diaryl/α,β-unsaturated/α-hetero) is 1. The van der Waals surface area contributed by atoms with E-state index in [-0.39, 0.29) is 17.8 Å². The quantitative estimate of drug-likeness (QED) is 0.756. The number of halogens is 1. The van der Waals surface area contributed by atoms with Crippen LogP contribution in [0.3, 0.4) is 0 Å². The van der Waals surface area contributed by atoms with Gasteiger partial charge in [0.2, 0.25) is 0 Å². The van der Waals surface area contributed by atoms with Crippen LogP contribution in [0, 0.1) is 5.41 Å². The topological polar surface area (TPSA) is 20.3 Å². The third-order valence-electron chi connectivity index (χ3n) is 3.67. The Morgan fingerprint density at radius 3 is 2.24 bits per heavy atom. The maximum Gasteiger partial charge on any atom is 0.168 e. The predicted molar refractivity (Wildman–Crippen MR) is 72.9 cm³/mol. The van der Waals surface area contributed by atoms with E-state index in [9.17, 15) is 4.79 Å². The van der Waals surface area contributed by atoms with E-state index in [2.05, 4.69) is 18.9 Å². The molecule has 0 saturated carbocycles. The molecule has 0 bridgehead atoms. The molecule has 1 saturated heterocycles. The van der Waals surface area contributed by atoms with Gasteiger partial charge in [-0.15, -0.1) is 12.4 Å². The molecule has 0 atom stereocenters. The minimum Gasteiger partial charge on any atom is -0.306 e. The Kier molecular flexibility index (Phi) is 4.72. The van der Waals surface area contributed by atoms with Crippen molar-refractivity contribution < 1.29 is 4.79 Å². The SMILES string of the molecule is CN1CCC(C)(C(=O)c2ccccc2)CC1.Cl. The van der Waals surface area contributed by atoms with E-state index < -0.39 is 0 Å². The molecule has 1 aliphatic rings. The number of piperidine rings is 1. The molecule has 0 aromatic heterocycles. The van der Waals surface area contributed by atoms with Gasteiger partial charge in [-0.1, -0.05) is 37.3 Å². The van der Waals surface area contributed by atoms with Crippen molar-refractivity contribution in [3.8, 4) is 0 Å². The molecule has 0 spiro atoms. The summed E-state index contributed by atoms with van der Waals surface area (Å²) in [6.07, 6.45) is 1.94. The molecule has 3 heteroatoms. The van der Waals surface area contributed by atoms with Crippen LogP contribution in [0.25, 0.3) is 0 Å². The molecule has 1 aromatic rings. The lowest BCUT2D eigenvalue weighted by Crippen LogP contribution is -2.41. The Morgan fingerprint density at radius 1 is 1.18 bits per heavy atom. The second-order valence-corrected chi connectivity index (χ2v) is 5.06. The first kappa shape index (κ1) is 14.2. The van der Waals surface area contributed by atoms with Crippen LogP contribution < -0.4 is 0 Å². The molecule has 0 amide bonds. The van der Waals surface area contributed by atoms with Gasteiger partial charge in [0.05, 0.1) is 0 Å². The summed E-state index contributed by atoms with van der Waals surface area (Å²) in [4.78, 5) is 14.7. The van der Waals surface area contributed by atoms with Crippen LogP contribution in [-0.2, 0) is 0 Å². The Bertz CT molecular complexity index is 369. The van der Waals surface area contributed by atoms with Crippen molar-refractivity contribution in [3.63, 3.8) is 0 Å². The van der Waals surface area contributed by atoms with Crippen molar-refractivity contribution in [1.29, 1.82) is 0 Å². The molecule has 2 rings (SSSR count). The number of ketones is 1. The van der Waals surface area contributed by atoms with E-state index in [1.807, 2.05) is 30.3 Å². The number of carbonyl (C=O) groups is 1. The van der Waals surface area contributed by atoms with Gasteiger partial charge in [-0.25, -0.2) is 0 Å². The van der Waals surface area contributed by atoms with E-state index in [0.29, 0.717) is 5.78 Å². The summed E-state index contributed by atoms with van der Waals surface area (Å²) in [5.74, 6) is 0.307. The number of hydrogen-bond donors (Lipinski definition) is 0. The molecule has 0 N–H and O–H groups in total. The van der Waals surface area contributed by atoms with Crippen LogP contribution in [0.15, 0.2) is 30.3 Å². The average Bonchev–Trinajstić information content (AvgIpc) is 2.33. The highest BCUT2D eigenvalue weighted by molar-refractivity contribution is 6.00. The van der Waals surface area contributed by atoms with Crippen molar-refractivity contribution in [3.05, 3.63) is 35.9 Å². The zero-order valence-electron chi connectivity index (χ0n) is 10.5. The highest BCUT2D eigenvalue weighted by Crippen LogP contribution is 2.33. The Labute approximate surface area is 109 Å². The fraction of sp³-hybridized carbons (Fsp3) is 0.500. The molecule has 1 fully saturated rings. The van der Waals surface area contributed by atoms with Crippen molar-refractivity contribution in [2.45, 2.75) is 19.8 Å². The number of nitrogens with zero attached hydrogens (tertiary/aromatic N) is 1. The molecule has 0 aliphatic carbocycles. The van der Waals surface area contributed by atoms with E-state index >= 15 is 0 Å². The molecule has 94 valence electrons. The van der Waals surface area contributed by atoms with Gasteiger partial charge in [-0.3, -0.25) is 4.79 Å². The van der Waals surface area contributed by atoms with Gasteiger partial charge < -0.3 is 4.90 Å². The van der Waals surface area contributed by atoms with Gasteiger partial charge >= 0.3 is 0 Å². The predicted octanol–water partition coefficient (Wildman–Crippen LogP) is 3.02. The molecular weight excluding hydrogens is 234 g/mol. The maximum atomic E-state index is 12.4. The largest absolute Gasteiger partial charge is 0.306 e. The first-order valence-corrected chi connectivity index (χ1v) is 5.90. The molecular formula is C14H20ClNO. The zero-order chi connectivity index (χ0) is 11.6. The summed E-state index contributed by atoms with van der Waals surface area (Å²) >= 11 is 0. The summed E-state index contributed by atoms with van der Waals surface area (Å²) in [6, 6.07) is 9.67. The van der Waals surface area contributed by atoms with Crippen LogP contribution in [-0.4, -0.2) is 30.8 Å². The van der Waals surface area contributed by atoms with Gasteiger partial charge in [-0.2, -0.15) is 0 Å². The van der Waals surface area contributed by atoms with Crippen molar-refractivity contribution in [2.75, 3.05) is 20.1 Å². The molecule has 17 heavy (non-hydrogen) atoms. The monoisotopic (exact) mass is 253 g/mol. The fourth-order valence-electron chi connectivity index (χ4n) is 2.28. The van der Waals surface area contributed by atoms with E-state index in [0.717, 1.165) is 31.5 Å². The first-order valence-electron chi connectivity index (χ1n) is 5.90. The smallest absolute Gasteiger partial charge is 0.168 e. The molecule has 1 aromatic carbocycles. The minimum absolute atomic E-state index is 0. The van der Waals surface area contributed by atoms with Gasteiger partial charge in [0.25, 0.3) is 0 Å². The van der Waals surface area contributed by atoms with Gasteiger partial charge in [-0.05, 0) is 33.0 Å². The van der Waals surface area contributed by atoms with E-state index in [1.54, 1.807) is 0 Å². The Hall–Kier alpha value is -0.860. The van der Waals surface area contributed by atoms with Crippen molar-refractivity contribution in [2.24, 2.45) is 5.41 Å². The lowest BCUT2D eigenvalue weighted by molar-refractivity contribution is 0.0678. The summed E-state index contributed by atoms with van der Waals surface area (Å²) in [7, 11) is 2.12. The molecule has 1 aliphatic heterocycles. The lowest BCUT2D eigenvalue weighted by atomic mass is 9.74. The minimum atomic E-state index is -0.159. The average molecular weight is 254 g/mol. The first-order chi connectivity index (χ1) is 7.62. The summed E-state index contributed by atoms with van der Waals surface area (Å²) in [5, 5.41) is 0. The number of rotatable bonds is 2. The van der Waals surface area contributed by atoms with Crippen molar-refractivity contribution >= 4 is 18.2 Å². The third-order valence-corrected chi connectivity index (χ3v) is 3.67. The van der Waals surface area contributed by atoms with Gasteiger partial charge in [0, 0.05) is 11.0 Å². The molecule has 1 heterocycles. The Morgan fingerprint density at radius 2 is 1.71 bits per heavy atom. The van der Waals surface area contributed by atoms with Crippen LogP contribution in [0.1, 0.15) is 30.1 Å². The summed E-state index contributed by atoms with van der Waals surface area (Å²) in [5.41, 5.74) is 0.697. The van der Waals surface area contributed by atoms with E-state index in [1.165, 1.54) is 0 Å².